The summed E-state index contributed by atoms with van der Waals surface area (Å²) in [4.78, 5) is 11.3. The van der Waals surface area contributed by atoms with Crippen molar-refractivity contribution in [2.45, 2.75) is 20.3 Å². The van der Waals surface area contributed by atoms with Crippen molar-refractivity contribution in [2.75, 3.05) is 43.5 Å². The number of aromatic nitrogens is 2. The molecule has 0 aromatic carbocycles. The zero-order valence-corrected chi connectivity index (χ0v) is 13.3. The van der Waals surface area contributed by atoms with Crippen molar-refractivity contribution in [3.63, 3.8) is 0 Å². The number of anilines is 2. The smallest absolute Gasteiger partial charge is 0.226 e. The highest BCUT2D eigenvalue weighted by molar-refractivity contribution is 7.18. The molecule has 7 heteroatoms. The van der Waals surface area contributed by atoms with E-state index >= 15 is 0 Å². The van der Waals surface area contributed by atoms with Gasteiger partial charge in [-0.3, -0.25) is 0 Å². The SMILES string of the molecule is CCNc1nc(NCCCOCCO)c2cc(C)sc2n1. The lowest BCUT2D eigenvalue weighted by Gasteiger charge is -2.09. The molecule has 0 aliphatic carbocycles. The number of nitrogens with one attached hydrogen (secondary N) is 2. The summed E-state index contributed by atoms with van der Waals surface area (Å²) in [5, 5.41) is 16.2. The Hall–Kier alpha value is -1.44. The van der Waals surface area contributed by atoms with E-state index < -0.39 is 0 Å². The molecule has 0 amide bonds. The van der Waals surface area contributed by atoms with Gasteiger partial charge in [0.05, 0.1) is 18.6 Å². The second kappa shape index (κ2) is 8.11. The fourth-order valence-corrected chi connectivity index (χ4v) is 2.84. The number of hydrogen-bond acceptors (Lipinski definition) is 7. The first-order valence-electron chi connectivity index (χ1n) is 7.19. The zero-order valence-electron chi connectivity index (χ0n) is 12.5. The van der Waals surface area contributed by atoms with Gasteiger partial charge in [0.1, 0.15) is 10.6 Å². The van der Waals surface area contributed by atoms with Crippen molar-refractivity contribution in [3.05, 3.63) is 10.9 Å². The van der Waals surface area contributed by atoms with Gasteiger partial charge >= 0.3 is 0 Å². The van der Waals surface area contributed by atoms with Gasteiger partial charge in [-0.15, -0.1) is 11.3 Å². The van der Waals surface area contributed by atoms with Crippen LogP contribution >= 0.6 is 11.3 Å². The highest BCUT2D eigenvalue weighted by Crippen LogP contribution is 2.29. The summed E-state index contributed by atoms with van der Waals surface area (Å²) in [5.41, 5.74) is 0. The molecule has 0 spiro atoms. The van der Waals surface area contributed by atoms with Gasteiger partial charge in [-0.05, 0) is 26.3 Å². The molecule has 6 nitrogen and oxygen atoms in total. The van der Waals surface area contributed by atoms with Crippen molar-refractivity contribution >= 4 is 33.3 Å². The van der Waals surface area contributed by atoms with Crippen LogP contribution in [0.4, 0.5) is 11.8 Å². The fourth-order valence-electron chi connectivity index (χ4n) is 1.96. The van der Waals surface area contributed by atoms with Gasteiger partial charge in [-0.1, -0.05) is 0 Å². The molecule has 3 N–H and O–H groups in total. The summed E-state index contributed by atoms with van der Waals surface area (Å²) in [5.74, 6) is 1.52. The Labute approximate surface area is 128 Å². The van der Waals surface area contributed by atoms with Crippen LogP contribution in [0, 0.1) is 6.92 Å². The van der Waals surface area contributed by atoms with E-state index in [9.17, 15) is 0 Å². The Morgan fingerprint density at radius 3 is 2.90 bits per heavy atom. The molecule has 0 bridgehead atoms. The molecule has 0 aliphatic rings. The zero-order chi connectivity index (χ0) is 15.1. The van der Waals surface area contributed by atoms with Crippen LogP contribution < -0.4 is 10.6 Å². The second-order valence-corrected chi connectivity index (χ2v) is 5.85. The van der Waals surface area contributed by atoms with Crippen LogP contribution in [0.25, 0.3) is 10.2 Å². The maximum absolute atomic E-state index is 8.64. The highest BCUT2D eigenvalue weighted by Gasteiger charge is 2.09. The Bertz CT molecular complexity index is 573. The summed E-state index contributed by atoms with van der Waals surface area (Å²) < 4.78 is 5.24. The largest absolute Gasteiger partial charge is 0.394 e. The van der Waals surface area contributed by atoms with Crippen molar-refractivity contribution in [1.29, 1.82) is 0 Å². The van der Waals surface area contributed by atoms with Crippen LogP contribution in [-0.4, -0.2) is 48.0 Å². The number of rotatable bonds is 9. The van der Waals surface area contributed by atoms with Crippen molar-refractivity contribution in [2.24, 2.45) is 0 Å². The molecule has 2 heterocycles. The van der Waals surface area contributed by atoms with Gasteiger partial charge in [0.2, 0.25) is 5.95 Å². The Morgan fingerprint density at radius 2 is 2.14 bits per heavy atom. The van der Waals surface area contributed by atoms with Gasteiger partial charge < -0.3 is 20.5 Å². The fraction of sp³-hybridized carbons (Fsp3) is 0.571. The topological polar surface area (TPSA) is 79.3 Å². The molecule has 2 rings (SSSR count). The molecule has 116 valence electrons. The molecule has 0 radical (unpaired) electrons. The minimum absolute atomic E-state index is 0.0696. The lowest BCUT2D eigenvalue weighted by atomic mass is 10.3. The third kappa shape index (κ3) is 4.52. The average molecular weight is 310 g/mol. The number of nitrogens with zero attached hydrogens (tertiary/aromatic N) is 2. The molecule has 0 atom stereocenters. The van der Waals surface area contributed by atoms with Crippen LogP contribution in [0.15, 0.2) is 6.07 Å². The van der Waals surface area contributed by atoms with E-state index in [0.29, 0.717) is 19.2 Å². The summed E-state index contributed by atoms with van der Waals surface area (Å²) in [6.45, 7) is 6.77. The molecule has 0 unspecified atom stereocenters. The molecule has 0 saturated heterocycles. The van der Waals surface area contributed by atoms with E-state index in [1.54, 1.807) is 11.3 Å². The Morgan fingerprint density at radius 1 is 1.29 bits per heavy atom. The van der Waals surface area contributed by atoms with Gasteiger partial charge in [0.25, 0.3) is 0 Å². The van der Waals surface area contributed by atoms with Crippen LogP contribution in [0.5, 0.6) is 0 Å². The van der Waals surface area contributed by atoms with Crippen molar-refractivity contribution < 1.29 is 9.84 Å². The van der Waals surface area contributed by atoms with E-state index in [0.717, 1.165) is 35.5 Å². The lowest BCUT2D eigenvalue weighted by molar-refractivity contribution is 0.0922. The predicted molar refractivity (Wildman–Crippen MR) is 87.3 cm³/mol. The Kier molecular flexibility index (Phi) is 6.16. The first-order chi connectivity index (χ1) is 10.2. The molecule has 21 heavy (non-hydrogen) atoms. The number of aliphatic hydroxyl groups is 1. The normalized spacial score (nSPS) is 11.0. The minimum atomic E-state index is 0.0696. The molecule has 0 fully saturated rings. The van der Waals surface area contributed by atoms with Crippen LogP contribution in [0.2, 0.25) is 0 Å². The minimum Gasteiger partial charge on any atom is -0.394 e. The summed E-state index contributed by atoms with van der Waals surface area (Å²) in [6.07, 6.45) is 0.866. The van der Waals surface area contributed by atoms with Gasteiger partial charge in [0, 0.05) is 24.6 Å². The van der Waals surface area contributed by atoms with E-state index in [4.69, 9.17) is 9.84 Å². The third-order valence-corrected chi connectivity index (χ3v) is 3.79. The quantitative estimate of drug-likeness (QED) is 0.617. The van der Waals surface area contributed by atoms with Crippen LogP contribution in [0.1, 0.15) is 18.2 Å². The number of thiophene rings is 1. The molecule has 0 aliphatic heterocycles. The molecule has 0 saturated carbocycles. The van der Waals surface area contributed by atoms with Crippen LogP contribution in [-0.2, 0) is 4.74 Å². The van der Waals surface area contributed by atoms with Crippen molar-refractivity contribution in [1.82, 2.24) is 9.97 Å². The predicted octanol–water partition coefficient (Wildman–Crippen LogP) is 2.24. The second-order valence-electron chi connectivity index (χ2n) is 4.62. The maximum Gasteiger partial charge on any atom is 0.226 e. The molecular weight excluding hydrogens is 288 g/mol. The van der Waals surface area contributed by atoms with Crippen LogP contribution in [0.3, 0.4) is 0 Å². The molecule has 2 aromatic rings. The average Bonchev–Trinajstić information content (AvgIpc) is 2.83. The number of ether oxygens (including phenoxy) is 1. The first-order valence-corrected chi connectivity index (χ1v) is 8.00. The summed E-state index contributed by atoms with van der Waals surface area (Å²) in [7, 11) is 0. The molecular formula is C14H22N4O2S. The van der Waals surface area contributed by atoms with Gasteiger partial charge in [-0.25, -0.2) is 4.98 Å². The Balaban J connectivity index is 2.02. The summed E-state index contributed by atoms with van der Waals surface area (Å²) >= 11 is 1.67. The number of aryl methyl sites for hydroxylation is 1. The number of aliphatic hydroxyl groups excluding tert-OH is 1. The van der Waals surface area contributed by atoms with E-state index in [2.05, 4.69) is 33.6 Å². The van der Waals surface area contributed by atoms with E-state index in [1.807, 2.05) is 6.92 Å². The first kappa shape index (κ1) is 15.9. The van der Waals surface area contributed by atoms with Crippen molar-refractivity contribution in [3.8, 4) is 0 Å². The third-order valence-electron chi connectivity index (χ3n) is 2.84. The summed E-state index contributed by atoms with van der Waals surface area (Å²) in [6, 6.07) is 2.11. The van der Waals surface area contributed by atoms with Gasteiger partial charge in [0.15, 0.2) is 0 Å². The molecule has 2 aromatic heterocycles. The number of fused-ring (bicyclic) bond motifs is 1. The lowest BCUT2D eigenvalue weighted by Crippen LogP contribution is -2.10. The highest BCUT2D eigenvalue weighted by atomic mass is 32.1. The van der Waals surface area contributed by atoms with E-state index in [-0.39, 0.29) is 6.61 Å². The maximum atomic E-state index is 8.64. The number of hydrogen-bond donors (Lipinski definition) is 3. The monoisotopic (exact) mass is 310 g/mol. The standard InChI is InChI=1S/C14H22N4O2S/c1-3-15-14-17-12(16-5-4-7-20-8-6-19)11-9-10(2)21-13(11)18-14/h9,19H,3-8H2,1-2H3,(H2,15,16,17,18). The van der Waals surface area contributed by atoms with Gasteiger partial charge in [-0.2, -0.15) is 4.98 Å². The van der Waals surface area contributed by atoms with E-state index in [1.165, 1.54) is 4.88 Å².